The molecular weight excluding hydrogens is 452 g/mol. The molecule has 1 heterocycles. The predicted molar refractivity (Wildman–Crippen MR) is 150 cm³/mol. The first-order valence-corrected chi connectivity index (χ1v) is 12.7. The average Bonchev–Trinajstić information content (AvgIpc) is 3.09. The van der Waals surface area contributed by atoms with Gasteiger partial charge in [-0.2, -0.15) is 0 Å². The minimum absolute atomic E-state index is 0.668. The van der Waals surface area contributed by atoms with Crippen molar-refractivity contribution < 1.29 is 0 Å². The van der Waals surface area contributed by atoms with Crippen LogP contribution in [0.15, 0.2) is 117 Å². The van der Waals surface area contributed by atoms with Crippen molar-refractivity contribution in [2.45, 2.75) is 9.79 Å². The highest BCUT2D eigenvalue weighted by molar-refractivity contribution is 8.40. The van der Waals surface area contributed by atoms with Crippen molar-refractivity contribution in [3.05, 3.63) is 118 Å². The normalized spacial score (nSPS) is 15.9. The quantitative estimate of drug-likeness (QED) is 0.228. The Balaban J connectivity index is 1.91. The van der Waals surface area contributed by atoms with E-state index in [0.29, 0.717) is 32.8 Å². The molecule has 4 aromatic rings. The number of benzene rings is 4. The third kappa shape index (κ3) is 3.53. The summed E-state index contributed by atoms with van der Waals surface area (Å²) in [6, 6.07) is 30.9. The molecule has 0 radical (unpaired) electrons. The van der Waals surface area contributed by atoms with Crippen molar-refractivity contribution in [1.29, 1.82) is 0 Å². The molecule has 0 bridgehead atoms. The average molecular weight is 481 g/mol. The van der Waals surface area contributed by atoms with Crippen LogP contribution in [0, 0.1) is 0 Å². The van der Waals surface area contributed by atoms with Gasteiger partial charge in [0, 0.05) is 43.7 Å². The van der Waals surface area contributed by atoms with Gasteiger partial charge in [0.1, 0.15) is 0 Å². The Labute approximate surface area is 206 Å². The lowest BCUT2D eigenvalue weighted by Gasteiger charge is -2.39. The standard InChI is InChI=1S/C28H28N6S/c29-19-5-1-17(2-6-19)25-26(18-3-7-20(30)8-4-18)28(34)35(27(25)33,23-13-9-21(31)10-14-23)24-15-11-22(32)12-16-24/h1-16H,29-34H2. The fraction of sp³-hybridized carbons (Fsp3) is 0. The van der Waals surface area contributed by atoms with Crippen LogP contribution in [0.3, 0.4) is 0 Å². The predicted octanol–water partition coefficient (Wildman–Crippen LogP) is 4.91. The Morgan fingerprint density at radius 2 is 0.600 bits per heavy atom. The highest BCUT2D eigenvalue weighted by Crippen LogP contribution is 2.76. The Kier molecular flexibility index (Phi) is 5.34. The number of hydrogen-bond donors (Lipinski definition) is 6. The SMILES string of the molecule is NC1=C(c2ccc(N)cc2)C(c2ccc(N)cc2)=C(N)S1(c1ccc(N)cc1)c1ccc(N)cc1. The van der Waals surface area contributed by atoms with Crippen molar-refractivity contribution in [1.82, 2.24) is 0 Å². The van der Waals surface area contributed by atoms with E-state index in [4.69, 9.17) is 34.4 Å². The molecule has 12 N–H and O–H groups in total. The van der Waals surface area contributed by atoms with E-state index in [1.54, 1.807) is 0 Å². The minimum Gasteiger partial charge on any atom is -0.399 e. The summed E-state index contributed by atoms with van der Waals surface area (Å²) in [6.07, 6.45) is 0. The van der Waals surface area contributed by atoms with Crippen LogP contribution >= 0.6 is 10.0 Å². The van der Waals surface area contributed by atoms with E-state index in [2.05, 4.69) is 0 Å². The summed E-state index contributed by atoms with van der Waals surface area (Å²) in [4.78, 5) is 1.98. The highest BCUT2D eigenvalue weighted by Gasteiger charge is 2.44. The summed E-state index contributed by atoms with van der Waals surface area (Å²) < 4.78 is 0. The van der Waals surface area contributed by atoms with Crippen LogP contribution in [-0.2, 0) is 0 Å². The largest absolute Gasteiger partial charge is 0.399 e. The number of hydrogen-bond acceptors (Lipinski definition) is 6. The second kappa shape index (κ2) is 8.38. The molecule has 0 atom stereocenters. The number of nitrogen functional groups attached to an aromatic ring is 4. The fourth-order valence-corrected chi connectivity index (χ4v) is 8.20. The van der Waals surface area contributed by atoms with Gasteiger partial charge in [-0.3, -0.25) is 0 Å². The Bertz CT molecular complexity index is 1340. The molecule has 1 aliphatic heterocycles. The first-order chi connectivity index (χ1) is 16.8. The van der Waals surface area contributed by atoms with Gasteiger partial charge in [-0.25, -0.2) is 0 Å². The van der Waals surface area contributed by atoms with Gasteiger partial charge in [0.2, 0.25) is 0 Å². The molecular formula is C28H28N6S. The van der Waals surface area contributed by atoms with Crippen LogP contribution in [0.5, 0.6) is 0 Å². The van der Waals surface area contributed by atoms with Crippen LogP contribution < -0.4 is 34.4 Å². The second-order valence-electron chi connectivity index (χ2n) is 8.47. The second-order valence-corrected chi connectivity index (χ2v) is 11.5. The van der Waals surface area contributed by atoms with Crippen LogP contribution in [0.4, 0.5) is 22.7 Å². The maximum Gasteiger partial charge on any atom is 0.0705 e. The maximum atomic E-state index is 7.19. The fourth-order valence-electron chi connectivity index (χ4n) is 4.53. The molecule has 7 heteroatoms. The lowest BCUT2D eigenvalue weighted by Crippen LogP contribution is -2.16. The molecule has 176 valence electrons. The molecule has 35 heavy (non-hydrogen) atoms. The van der Waals surface area contributed by atoms with Gasteiger partial charge in [0.05, 0.1) is 10.1 Å². The van der Waals surface area contributed by atoms with Crippen molar-refractivity contribution in [2.75, 3.05) is 22.9 Å². The zero-order chi connectivity index (χ0) is 24.7. The summed E-state index contributed by atoms with van der Waals surface area (Å²) in [5.41, 5.74) is 44.8. The zero-order valence-corrected chi connectivity index (χ0v) is 19.9. The molecule has 0 saturated carbocycles. The summed E-state index contributed by atoms with van der Waals surface area (Å²) in [7, 11) is -2.18. The summed E-state index contributed by atoms with van der Waals surface area (Å²) in [5, 5.41) is 1.39. The molecule has 1 aliphatic rings. The molecule has 0 saturated heterocycles. The molecule has 4 aromatic carbocycles. The van der Waals surface area contributed by atoms with Gasteiger partial charge in [0.25, 0.3) is 0 Å². The molecule has 0 amide bonds. The van der Waals surface area contributed by atoms with Gasteiger partial charge >= 0.3 is 0 Å². The Hall–Kier alpha value is -4.49. The topological polar surface area (TPSA) is 156 Å². The van der Waals surface area contributed by atoms with E-state index in [1.807, 2.05) is 97.1 Å². The van der Waals surface area contributed by atoms with E-state index < -0.39 is 10.0 Å². The van der Waals surface area contributed by atoms with Gasteiger partial charge in [-0.15, -0.1) is 10.0 Å². The first-order valence-electron chi connectivity index (χ1n) is 11.1. The van der Waals surface area contributed by atoms with Crippen molar-refractivity contribution in [2.24, 2.45) is 11.5 Å². The summed E-state index contributed by atoms with van der Waals surface area (Å²) in [6.45, 7) is 0. The van der Waals surface area contributed by atoms with E-state index in [-0.39, 0.29) is 0 Å². The Morgan fingerprint density at radius 3 is 0.886 bits per heavy atom. The van der Waals surface area contributed by atoms with Crippen molar-refractivity contribution in [3.8, 4) is 0 Å². The number of anilines is 4. The Morgan fingerprint density at radius 1 is 0.343 bits per heavy atom. The highest BCUT2D eigenvalue weighted by atomic mass is 32.3. The van der Waals surface area contributed by atoms with Gasteiger partial charge in [-0.05, 0) is 83.9 Å². The molecule has 0 spiro atoms. The van der Waals surface area contributed by atoms with Gasteiger partial charge in [0.15, 0.2) is 0 Å². The lowest BCUT2D eigenvalue weighted by atomic mass is 9.93. The van der Waals surface area contributed by atoms with Crippen molar-refractivity contribution in [3.63, 3.8) is 0 Å². The first kappa shape index (κ1) is 22.3. The maximum absolute atomic E-state index is 7.19. The zero-order valence-electron chi connectivity index (χ0n) is 19.1. The van der Waals surface area contributed by atoms with Gasteiger partial charge < -0.3 is 34.4 Å². The number of rotatable bonds is 4. The molecule has 5 rings (SSSR count). The lowest BCUT2D eigenvalue weighted by molar-refractivity contribution is 1.33. The number of allylic oxidation sites excluding steroid dienone is 2. The van der Waals surface area contributed by atoms with Gasteiger partial charge in [-0.1, -0.05) is 24.3 Å². The van der Waals surface area contributed by atoms with Crippen LogP contribution in [0.25, 0.3) is 11.1 Å². The van der Waals surface area contributed by atoms with Crippen LogP contribution in [0.2, 0.25) is 0 Å². The van der Waals surface area contributed by atoms with E-state index in [9.17, 15) is 0 Å². The molecule has 0 unspecified atom stereocenters. The van der Waals surface area contributed by atoms with Crippen LogP contribution in [0.1, 0.15) is 11.1 Å². The van der Waals surface area contributed by atoms with Crippen molar-refractivity contribution >= 4 is 43.9 Å². The van der Waals surface area contributed by atoms with E-state index in [0.717, 1.165) is 32.1 Å². The van der Waals surface area contributed by atoms with E-state index >= 15 is 0 Å². The third-order valence-corrected chi connectivity index (χ3v) is 9.95. The number of nitrogens with two attached hydrogens (primary N) is 6. The monoisotopic (exact) mass is 480 g/mol. The summed E-state index contributed by atoms with van der Waals surface area (Å²) in [5.74, 6) is 0. The third-order valence-electron chi connectivity index (χ3n) is 6.27. The molecule has 0 aromatic heterocycles. The molecule has 0 aliphatic carbocycles. The summed E-state index contributed by atoms with van der Waals surface area (Å²) >= 11 is 0. The minimum atomic E-state index is -2.18. The smallest absolute Gasteiger partial charge is 0.0705 e. The molecule has 0 fully saturated rings. The van der Waals surface area contributed by atoms with E-state index in [1.165, 1.54) is 0 Å². The molecule has 6 nitrogen and oxygen atoms in total. The van der Waals surface area contributed by atoms with Crippen LogP contribution in [-0.4, -0.2) is 0 Å².